The summed E-state index contributed by atoms with van der Waals surface area (Å²) < 4.78 is 7.29. The van der Waals surface area contributed by atoms with Gasteiger partial charge in [0, 0.05) is 5.02 Å². The summed E-state index contributed by atoms with van der Waals surface area (Å²) in [5.74, 6) is 0.252. The molecule has 0 aliphatic rings. The van der Waals surface area contributed by atoms with Crippen molar-refractivity contribution >= 4 is 17.5 Å². The molecule has 0 saturated carbocycles. The van der Waals surface area contributed by atoms with Crippen LogP contribution in [0.5, 0.6) is 5.75 Å². The Morgan fingerprint density at radius 3 is 2.75 bits per heavy atom. The molecular formula is C16H14ClN5O2. The van der Waals surface area contributed by atoms with Gasteiger partial charge < -0.3 is 10.5 Å². The fraction of sp³-hybridized carbons (Fsp3) is 0.125. The van der Waals surface area contributed by atoms with Gasteiger partial charge in [0.25, 0.3) is 5.91 Å². The molecule has 0 radical (unpaired) electrons. The maximum absolute atomic E-state index is 11.5. The number of nitrogens with zero attached hydrogens (tertiary/aromatic N) is 4. The van der Waals surface area contributed by atoms with Crippen molar-refractivity contribution in [2.24, 2.45) is 5.73 Å². The molecule has 3 aromatic rings. The highest BCUT2D eigenvalue weighted by molar-refractivity contribution is 6.31. The van der Waals surface area contributed by atoms with Gasteiger partial charge in [-0.15, -0.1) is 5.10 Å². The van der Waals surface area contributed by atoms with E-state index in [1.54, 1.807) is 16.8 Å². The van der Waals surface area contributed by atoms with Gasteiger partial charge >= 0.3 is 0 Å². The number of tetrazole rings is 1. The first kappa shape index (κ1) is 15.9. The zero-order chi connectivity index (χ0) is 16.9. The lowest BCUT2D eigenvalue weighted by atomic mass is 10.2. The minimum absolute atomic E-state index is 0.0990. The SMILES string of the molecule is NC(=O)c1cc(Cl)ccc1OCc1nnnn1Cc1ccccc1. The summed E-state index contributed by atoms with van der Waals surface area (Å²) in [6, 6.07) is 14.5. The second-order valence-electron chi connectivity index (χ2n) is 5.03. The third-order valence-electron chi connectivity index (χ3n) is 3.35. The Labute approximate surface area is 143 Å². The minimum Gasteiger partial charge on any atom is -0.485 e. The van der Waals surface area contributed by atoms with Crippen molar-refractivity contribution in [2.75, 3.05) is 0 Å². The van der Waals surface area contributed by atoms with Crippen molar-refractivity contribution in [3.63, 3.8) is 0 Å². The van der Waals surface area contributed by atoms with Crippen LogP contribution in [0.25, 0.3) is 0 Å². The molecule has 8 heteroatoms. The van der Waals surface area contributed by atoms with Gasteiger partial charge in [-0.25, -0.2) is 4.68 Å². The molecule has 0 fully saturated rings. The van der Waals surface area contributed by atoms with Crippen LogP contribution in [0, 0.1) is 0 Å². The van der Waals surface area contributed by atoms with E-state index in [4.69, 9.17) is 22.1 Å². The number of rotatable bonds is 6. The lowest BCUT2D eigenvalue weighted by molar-refractivity contribution is 0.0995. The highest BCUT2D eigenvalue weighted by atomic mass is 35.5. The Kier molecular flexibility index (Phi) is 4.72. The first-order valence-corrected chi connectivity index (χ1v) is 7.52. The first-order valence-electron chi connectivity index (χ1n) is 7.14. The van der Waals surface area contributed by atoms with E-state index in [0.29, 0.717) is 23.1 Å². The number of hydrogen-bond donors (Lipinski definition) is 1. The van der Waals surface area contributed by atoms with Gasteiger partial charge in [-0.2, -0.15) is 0 Å². The molecule has 0 spiro atoms. The van der Waals surface area contributed by atoms with Crippen LogP contribution in [0.2, 0.25) is 5.02 Å². The molecule has 7 nitrogen and oxygen atoms in total. The van der Waals surface area contributed by atoms with Crippen LogP contribution in [-0.4, -0.2) is 26.1 Å². The van der Waals surface area contributed by atoms with Gasteiger partial charge in [-0.3, -0.25) is 4.79 Å². The lowest BCUT2D eigenvalue weighted by Gasteiger charge is -2.10. The fourth-order valence-electron chi connectivity index (χ4n) is 2.17. The van der Waals surface area contributed by atoms with E-state index < -0.39 is 5.91 Å². The third kappa shape index (κ3) is 3.69. The number of primary amides is 1. The molecule has 1 aromatic heterocycles. The Morgan fingerprint density at radius 2 is 2.00 bits per heavy atom. The average Bonchev–Trinajstić information content (AvgIpc) is 3.01. The molecule has 0 bridgehead atoms. The second kappa shape index (κ2) is 7.10. The summed E-state index contributed by atoms with van der Waals surface area (Å²) in [7, 11) is 0. The second-order valence-corrected chi connectivity index (χ2v) is 5.47. The Hall–Kier alpha value is -2.93. The largest absolute Gasteiger partial charge is 0.485 e. The van der Waals surface area contributed by atoms with E-state index in [1.807, 2.05) is 30.3 Å². The number of halogens is 1. The highest BCUT2D eigenvalue weighted by Crippen LogP contribution is 2.23. The molecule has 2 aromatic carbocycles. The van der Waals surface area contributed by atoms with Crippen LogP contribution in [0.3, 0.4) is 0 Å². The van der Waals surface area contributed by atoms with Crippen LogP contribution >= 0.6 is 11.6 Å². The van der Waals surface area contributed by atoms with E-state index in [-0.39, 0.29) is 12.2 Å². The fourth-order valence-corrected chi connectivity index (χ4v) is 2.34. The van der Waals surface area contributed by atoms with Crippen molar-refractivity contribution in [2.45, 2.75) is 13.2 Å². The molecule has 1 heterocycles. The summed E-state index contributed by atoms with van der Waals surface area (Å²) in [5, 5.41) is 12.0. The number of aromatic nitrogens is 4. The van der Waals surface area contributed by atoms with Crippen molar-refractivity contribution in [3.8, 4) is 5.75 Å². The van der Waals surface area contributed by atoms with Crippen LogP contribution in [0.15, 0.2) is 48.5 Å². The van der Waals surface area contributed by atoms with Crippen molar-refractivity contribution in [3.05, 3.63) is 70.5 Å². The molecule has 0 unspecified atom stereocenters. The van der Waals surface area contributed by atoms with Crippen LogP contribution in [0.4, 0.5) is 0 Å². The normalized spacial score (nSPS) is 10.5. The van der Waals surface area contributed by atoms with E-state index in [9.17, 15) is 4.79 Å². The number of hydrogen-bond acceptors (Lipinski definition) is 5. The van der Waals surface area contributed by atoms with Gasteiger partial charge in [0.05, 0.1) is 12.1 Å². The molecule has 0 aliphatic heterocycles. The monoisotopic (exact) mass is 343 g/mol. The van der Waals surface area contributed by atoms with Crippen LogP contribution in [0.1, 0.15) is 21.7 Å². The smallest absolute Gasteiger partial charge is 0.252 e. The average molecular weight is 344 g/mol. The highest BCUT2D eigenvalue weighted by Gasteiger charge is 2.13. The summed E-state index contributed by atoms with van der Waals surface area (Å²) in [5.41, 5.74) is 6.62. The van der Waals surface area contributed by atoms with Gasteiger partial charge in [0.1, 0.15) is 12.4 Å². The number of carbonyl (C=O) groups is 1. The van der Waals surface area contributed by atoms with Crippen molar-refractivity contribution in [1.29, 1.82) is 0 Å². The predicted molar refractivity (Wildman–Crippen MR) is 87.7 cm³/mol. The molecule has 0 aliphatic carbocycles. The Morgan fingerprint density at radius 1 is 1.21 bits per heavy atom. The quantitative estimate of drug-likeness (QED) is 0.739. The Balaban J connectivity index is 1.75. The van der Waals surface area contributed by atoms with E-state index >= 15 is 0 Å². The Bertz CT molecular complexity index is 851. The third-order valence-corrected chi connectivity index (χ3v) is 3.58. The summed E-state index contributed by atoms with van der Waals surface area (Å²) in [6.07, 6.45) is 0. The van der Waals surface area contributed by atoms with Gasteiger partial charge in [0.2, 0.25) is 0 Å². The minimum atomic E-state index is -0.614. The van der Waals surface area contributed by atoms with E-state index in [0.717, 1.165) is 5.56 Å². The predicted octanol–water partition coefficient (Wildman–Crippen LogP) is 2.05. The molecule has 1 amide bonds. The zero-order valence-corrected chi connectivity index (χ0v) is 13.3. The maximum Gasteiger partial charge on any atom is 0.252 e. The lowest BCUT2D eigenvalue weighted by Crippen LogP contribution is -2.14. The topological polar surface area (TPSA) is 95.9 Å². The molecular weight excluding hydrogens is 330 g/mol. The molecule has 24 heavy (non-hydrogen) atoms. The first-order chi connectivity index (χ1) is 11.6. The van der Waals surface area contributed by atoms with Gasteiger partial charge in [-0.05, 0) is 34.2 Å². The molecule has 0 saturated heterocycles. The van der Waals surface area contributed by atoms with Gasteiger partial charge in [0.15, 0.2) is 5.82 Å². The number of amides is 1. The van der Waals surface area contributed by atoms with Crippen molar-refractivity contribution < 1.29 is 9.53 Å². The number of carbonyl (C=O) groups excluding carboxylic acids is 1. The summed E-state index contributed by atoms with van der Waals surface area (Å²) in [4.78, 5) is 11.5. The zero-order valence-electron chi connectivity index (χ0n) is 12.6. The number of nitrogens with two attached hydrogens (primary N) is 1. The molecule has 0 atom stereocenters. The number of benzene rings is 2. The van der Waals surface area contributed by atoms with E-state index in [1.165, 1.54) is 6.07 Å². The molecule has 122 valence electrons. The molecule has 3 rings (SSSR count). The standard InChI is InChI=1S/C16H14ClN5O2/c17-12-6-7-14(13(8-12)16(18)23)24-10-15-19-20-21-22(15)9-11-4-2-1-3-5-11/h1-8H,9-10H2,(H2,18,23). The summed E-state index contributed by atoms with van der Waals surface area (Å²) >= 11 is 5.88. The van der Waals surface area contributed by atoms with Crippen LogP contribution < -0.4 is 10.5 Å². The molecule has 2 N–H and O–H groups in total. The maximum atomic E-state index is 11.5. The summed E-state index contributed by atoms with van der Waals surface area (Å²) in [6.45, 7) is 0.623. The van der Waals surface area contributed by atoms with E-state index in [2.05, 4.69) is 15.5 Å². The van der Waals surface area contributed by atoms with Gasteiger partial charge in [-0.1, -0.05) is 41.9 Å². The van der Waals surface area contributed by atoms with Crippen LogP contribution in [-0.2, 0) is 13.2 Å². The van der Waals surface area contributed by atoms with Crippen molar-refractivity contribution in [1.82, 2.24) is 20.2 Å². The number of ether oxygens (including phenoxy) is 1.